The third-order valence-corrected chi connectivity index (χ3v) is 10.3. The van der Waals surface area contributed by atoms with Gasteiger partial charge in [0.15, 0.2) is 11.2 Å². The lowest BCUT2D eigenvalue weighted by Crippen LogP contribution is -2.58. The quantitative estimate of drug-likeness (QED) is 0.237. The van der Waals surface area contributed by atoms with Gasteiger partial charge in [0.25, 0.3) is 0 Å². The number of hydrogen-bond donors (Lipinski definition) is 0. The van der Waals surface area contributed by atoms with Crippen LogP contribution < -0.4 is 4.90 Å². The number of rotatable bonds is 6. The van der Waals surface area contributed by atoms with Crippen molar-refractivity contribution in [1.82, 2.24) is 29.9 Å². The standard InChI is InChI=1S/C32H43N7O2Si/c1-22(24-11-9-23(10-12-24)13-15-42(4,5)6)39-29-28(35-36-39)18-33-31(34-29)38-20-26(21-38)25-8-7-14-37(19-25)27-16-32(2,17-27)30(40)41-3/h9-12,18,22,25-27H,7-8,14,16-17,19-21H2,1-6H3/t22-,25+,27?,32?/m1/s1. The third-order valence-electron chi connectivity index (χ3n) is 9.46. The van der Waals surface area contributed by atoms with Crippen LogP contribution in [0.15, 0.2) is 30.5 Å². The van der Waals surface area contributed by atoms with Gasteiger partial charge in [-0.05, 0) is 75.6 Å². The van der Waals surface area contributed by atoms with E-state index in [1.807, 2.05) is 11.6 Å². The Balaban J connectivity index is 1.08. The second-order valence-corrected chi connectivity index (χ2v) is 18.6. The number of hydrogen-bond acceptors (Lipinski definition) is 8. The average Bonchev–Trinajstić information content (AvgIpc) is 3.36. The zero-order chi connectivity index (χ0) is 29.6. The van der Waals surface area contributed by atoms with Gasteiger partial charge in [0.1, 0.15) is 8.07 Å². The number of aromatic nitrogens is 5. The molecule has 0 amide bonds. The fourth-order valence-corrected chi connectivity index (χ4v) is 7.30. The predicted molar refractivity (Wildman–Crippen MR) is 167 cm³/mol. The number of benzene rings is 1. The number of ether oxygens (including phenoxy) is 1. The molecule has 222 valence electrons. The van der Waals surface area contributed by atoms with Crippen LogP contribution in [0, 0.1) is 28.7 Å². The summed E-state index contributed by atoms with van der Waals surface area (Å²) in [5.74, 6) is 5.34. The van der Waals surface area contributed by atoms with Gasteiger partial charge in [0.05, 0.1) is 24.8 Å². The van der Waals surface area contributed by atoms with Crippen molar-refractivity contribution in [2.24, 2.45) is 17.3 Å². The lowest BCUT2D eigenvalue weighted by molar-refractivity contribution is -0.162. The topological polar surface area (TPSA) is 89.3 Å². The molecule has 6 rings (SSSR count). The summed E-state index contributed by atoms with van der Waals surface area (Å²) in [6.45, 7) is 15.2. The number of piperidine rings is 1. The Labute approximate surface area is 250 Å². The van der Waals surface area contributed by atoms with E-state index in [1.165, 1.54) is 20.0 Å². The van der Waals surface area contributed by atoms with Crippen molar-refractivity contribution >= 4 is 31.2 Å². The van der Waals surface area contributed by atoms with Gasteiger partial charge in [-0.15, -0.1) is 10.6 Å². The van der Waals surface area contributed by atoms with Crippen LogP contribution >= 0.6 is 0 Å². The molecule has 1 saturated carbocycles. The van der Waals surface area contributed by atoms with E-state index in [4.69, 9.17) is 9.72 Å². The van der Waals surface area contributed by atoms with E-state index in [9.17, 15) is 4.79 Å². The molecule has 3 aromatic rings. The van der Waals surface area contributed by atoms with Crippen molar-refractivity contribution < 1.29 is 9.53 Å². The second-order valence-electron chi connectivity index (χ2n) is 13.9. The van der Waals surface area contributed by atoms with Gasteiger partial charge in [-0.1, -0.05) is 42.9 Å². The molecule has 10 heteroatoms. The van der Waals surface area contributed by atoms with Crippen molar-refractivity contribution in [3.05, 3.63) is 41.6 Å². The van der Waals surface area contributed by atoms with E-state index < -0.39 is 8.07 Å². The fraction of sp³-hybridized carbons (Fsp3) is 0.594. The molecule has 0 spiro atoms. The van der Waals surface area contributed by atoms with Crippen LogP contribution in [0.5, 0.6) is 0 Å². The maximum Gasteiger partial charge on any atom is 0.311 e. The van der Waals surface area contributed by atoms with Crippen LogP contribution in [0.25, 0.3) is 11.2 Å². The van der Waals surface area contributed by atoms with Gasteiger partial charge < -0.3 is 14.5 Å². The summed E-state index contributed by atoms with van der Waals surface area (Å²) in [6, 6.07) is 8.93. The van der Waals surface area contributed by atoms with Crippen LogP contribution in [0.2, 0.25) is 19.6 Å². The molecule has 2 saturated heterocycles. The summed E-state index contributed by atoms with van der Waals surface area (Å²) >= 11 is 0. The maximum absolute atomic E-state index is 12.1. The number of nitrogens with zero attached hydrogens (tertiary/aromatic N) is 7. The first-order valence-electron chi connectivity index (χ1n) is 15.3. The molecule has 42 heavy (non-hydrogen) atoms. The summed E-state index contributed by atoms with van der Waals surface area (Å²) in [5, 5.41) is 8.80. The van der Waals surface area contributed by atoms with Crippen molar-refractivity contribution in [2.45, 2.75) is 71.3 Å². The number of methoxy groups -OCH3 is 1. The van der Waals surface area contributed by atoms with Crippen molar-refractivity contribution in [3.8, 4) is 11.5 Å². The van der Waals surface area contributed by atoms with E-state index in [1.54, 1.807) is 6.20 Å². The van der Waals surface area contributed by atoms with Crippen LogP contribution in [0.1, 0.15) is 56.7 Å². The number of carbonyl (C=O) groups is 1. The molecule has 3 aliphatic rings. The zero-order valence-corrected chi connectivity index (χ0v) is 26.8. The van der Waals surface area contributed by atoms with Crippen molar-refractivity contribution in [3.63, 3.8) is 0 Å². The largest absolute Gasteiger partial charge is 0.469 e. The fourth-order valence-electron chi connectivity index (χ4n) is 6.78. The van der Waals surface area contributed by atoms with Crippen LogP contribution in [0.3, 0.4) is 0 Å². The molecule has 0 unspecified atom stereocenters. The number of fused-ring (bicyclic) bond motifs is 1. The summed E-state index contributed by atoms with van der Waals surface area (Å²) in [5.41, 5.74) is 6.79. The molecule has 2 aromatic heterocycles. The van der Waals surface area contributed by atoms with Gasteiger partial charge in [0, 0.05) is 31.2 Å². The highest BCUT2D eigenvalue weighted by molar-refractivity contribution is 6.83. The Hall–Kier alpha value is -3.29. The number of likely N-dealkylation sites (tertiary alicyclic amines) is 1. The minimum Gasteiger partial charge on any atom is -0.469 e. The van der Waals surface area contributed by atoms with Gasteiger partial charge in [-0.25, -0.2) is 9.67 Å². The average molecular weight is 586 g/mol. The van der Waals surface area contributed by atoms with Crippen molar-refractivity contribution in [2.75, 3.05) is 38.2 Å². The zero-order valence-electron chi connectivity index (χ0n) is 25.8. The maximum atomic E-state index is 12.1. The summed E-state index contributed by atoms with van der Waals surface area (Å²) < 4.78 is 6.93. The molecule has 9 nitrogen and oxygen atoms in total. The Morgan fingerprint density at radius 1 is 1.12 bits per heavy atom. The molecule has 0 bridgehead atoms. The molecular formula is C32H43N7O2Si. The molecule has 0 radical (unpaired) electrons. The monoisotopic (exact) mass is 585 g/mol. The summed E-state index contributed by atoms with van der Waals surface area (Å²) in [6.07, 6.45) is 6.12. The first-order valence-corrected chi connectivity index (χ1v) is 18.8. The lowest BCUT2D eigenvalue weighted by Gasteiger charge is -2.52. The summed E-state index contributed by atoms with van der Waals surface area (Å²) in [4.78, 5) is 26.6. The molecule has 2 aliphatic heterocycles. The van der Waals surface area contributed by atoms with E-state index >= 15 is 0 Å². The van der Waals surface area contributed by atoms with E-state index in [-0.39, 0.29) is 17.4 Å². The first-order chi connectivity index (χ1) is 20.0. The Morgan fingerprint density at radius 2 is 1.86 bits per heavy atom. The molecule has 1 aliphatic carbocycles. The predicted octanol–water partition coefficient (Wildman–Crippen LogP) is 4.55. The van der Waals surface area contributed by atoms with E-state index in [2.05, 4.69) is 87.4 Å². The molecule has 4 heterocycles. The van der Waals surface area contributed by atoms with Gasteiger partial charge in [0.2, 0.25) is 5.95 Å². The number of anilines is 1. The highest BCUT2D eigenvalue weighted by Gasteiger charge is 2.50. The van der Waals surface area contributed by atoms with Crippen LogP contribution in [-0.2, 0) is 9.53 Å². The highest BCUT2D eigenvalue weighted by atomic mass is 28.3. The van der Waals surface area contributed by atoms with Crippen molar-refractivity contribution in [1.29, 1.82) is 0 Å². The smallest absolute Gasteiger partial charge is 0.311 e. The van der Waals surface area contributed by atoms with Crippen LogP contribution in [0.4, 0.5) is 5.95 Å². The van der Waals surface area contributed by atoms with Gasteiger partial charge in [-0.3, -0.25) is 4.79 Å². The second kappa shape index (κ2) is 11.1. The molecule has 2 atom stereocenters. The van der Waals surface area contributed by atoms with Gasteiger partial charge >= 0.3 is 5.97 Å². The first kappa shape index (κ1) is 28.8. The number of esters is 1. The third kappa shape index (κ3) is 5.69. The Bertz CT molecular complexity index is 1510. The molecular weight excluding hydrogens is 542 g/mol. The molecule has 1 aromatic carbocycles. The summed E-state index contributed by atoms with van der Waals surface area (Å²) in [7, 11) is 0.0851. The normalized spacial score (nSPS) is 25.7. The minimum atomic E-state index is -1.41. The number of carbonyl (C=O) groups excluding carboxylic acids is 1. The highest BCUT2D eigenvalue weighted by Crippen LogP contribution is 2.46. The van der Waals surface area contributed by atoms with E-state index in [0.29, 0.717) is 23.4 Å². The SMILES string of the molecule is COC(=O)C1(C)CC(N2CCC[C@H](C3CN(c4ncc5nnn([C@H](C)c6ccc(C#C[Si](C)(C)C)cc6)c5n4)C3)C2)C1. The van der Waals surface area contributed by atoms with Gasteiger partial charge in [-0.2, -0.15) is 4.98 Å². The Morgan fingerprint density at radius 3 is 2.55 bits per heavy atom. The Kier molecular flexibility index (Phi) is 7.60. The lowest BCUT2D eigenvalue weighted by atomic mass is 9.65. The molecule has 0 N–H and O–H groups in total. The van der Waals surface area contributed by atoms with Crippen LogP contribution in [-0.4, -0.2) is 83.2 Å². The molecule has 3 fully saturated rings. The van der Waals surface area contributed by atoms with E-state index in [0.717, 1.165) is 61.7 Å². The minimum absolute atomic E-state index is 0.0124.